The van der Waals surface area contributed by atoms with Crippen molar-refractivity contribution in [1.82, 2.24) is 0 Å². The fraction of sp³-hybridized carbons (Fsp3) is 0.741. The van der Waals surface area contributed by atoms with Crippen LogP contribution in [0.15, 0.2) is 23.3 Å². The molecule has 0 aromatic rings. The van der Waals surface area contributed by atoms with E-state index in [0.717, 1.165) is 0 Å². The van der Waals surface area contributed by atoms with Gasteiger partial charge in [-0.2, -0.15) is 0 Å². The van der Waals surface area contributed by atoms with Crippen molar-refractivity contribution in [3.05, 3.63) is 23.3 Å². The monoisotopic (exact) mass is 568 g/mol. The molecule has 5 rings (SSSR count). The third-order valence-corrected chi connectivity index (χ3v) is 9.67. The minimum atomic E-state index is -1.68. The molecule has 0 bridgehead atoms. The number of carbonyl (C=O) groups excluding carboxylic acids is 3. The van der Waals surface area contributed by atoms with Gasteiger partial charge in [0.15, 0.2) is 6.29 Å². The second kappa shape index (κ2) is 10.5. The molecule has 3 heterocycles. The lowest BCUT2D eigenvalue weighted by molar-refractivity contribution is -0.328. The van der Waals surface area contributed by atoms with Gasteiger partial charge in [0.25, 0.3) is 0 Å². The Balaban J connectivity index is 1.53. The Labute approximate surface area is 230 Å². The van der Waals surface area contributed by atoms with Crippen LogP contribution >= 0.6 is 0 Å². The zero-order valence-corrected chi connectivity index (χ0v) is 22.5. The van der Waals surface area contributed by atoms with E-state index in [1.165, 1.54) is 13.2 Å². The molecule has 1 saturated carbocycles. The van der Waals surface area contributed by atoms with E-state index in [-0.39, 0.29) is 24.3 Å². The highest BCUT2D eigenvalue weighted by molar-refractivity contribution is 5.93. The summed E-state index contributed by atoms with van der Waals surface area (Å²) < 4.78 is 27.5. The van der Waals surface area contributed by atoms with Crippen LogP contribution in [0.25, 0.3) is 0 Å². The van der Waals surface area contributed by atoms with Crippen molar-refractivity contribution in [3.63, 3.8) is 0 Å². The number of rotatable bonds is 5. The average molecular weight is 569 g/mol. The number of fused-ring (bicyclic) bond motifs is 3. The first-order valence-electron chi connectivity index (χ1n) is 13.4. The summed E-state index contributed by atoms with van der Waals surface area (Å²) in [7, 11) is 1.26. The van der Waals surface area contributed by atoms with E-state index in [0.29, 0.717) is 18.4 Å². The number of cyclic esters (lactones) is 2. The highest BCUT2D eigenvalue weighted by Crippen LogP contribution is 2.65. The summed E-state index contributed by atoms with van der Waals surface area (Å²) in [5, 5.41) is 50.6. The largest absolute Gasteiger partial charge is 0.466 e. The summed E-state index contributed by atoms with van der Waals surface area (Å²) in [6.45, 7) is 3.08. The molecule has 12 atom stereocenters. The maximum Gasteiger partial charge on any atom is 0.340 e. The average Bonchev–Trinajstić information content (AvgIpc) is 3.26. The summed E-state index contributed by atoms with van der Waals surface area (Å²) in [6, 6.07) is 0. The molecular weight excluding hydrogens is 532 g/mol. The molecule has 13 nitrogen and oxygen atoms in total. The molecule has 40 heavy (non-hydrogen) atoms. The first-order valence-corrected chi connectivity index (χ1v) is 13.4. The molecule has 0 spiro atoms. The van der Waals surface area contributed by atoms with Crippen LogP contribution in [-0.4, -0.2) is 106 Å². The van der Waals surface area contributed by atoms with Gasteiger partial charge in [-0.15, -0.1) is 0 Å². The zero-order chi connectivity index (χ0) is 29.1. The molecule has 0 aromatic heterocycles. The zero-order valence-electron chi connectivity index (χ0n) is 22.5. The van der Waals surface area contributed by atoms with Gasteiger partial charge in [-0.1, -0.05) is 19.9 Å². The van der Waals surface area contributed by atoms with E-state index in [2.05, 4.69) is 0 Å². The van der Waals surface area contributed by atoms with E-state index in [1.54, 1.807) is 6.08 Å². The number of carbonyl (C=O) groups is 3. The van der Waals surface area contributed by atoms with Crippen LogP contribution in [0.3, 0.4) is 0 Å². The van der Waals surface area contributed by atoms with Crippen LogP contribution < -0.4 is 0 Å². The van der Waals surface area contributed by atoms with Crippen molar-refractivity contribution < 1.29 is 63.6 Å². The fourth-order valence-corrected chi connectivity index (χ4v) is 7.60. The molecule has 0 unspecified atom stereocenters. The number of ether oxygens (including phenoxy) is 5. The van der Waals surface area contributed by atoms with Crippen molar-refractivity contribution in [3.8, 4) is 0 Å². The molecule has 5 N–H and O–H groups in total. The van der Waals surface area contributed by atoms with Crippen molar-refractivity contribution in [2.45, 2.75) is 88.7 Å². The van der Waals surface area contributed by atoms with Crippen molar-refractivity contribution in [1.29, 1.82) is 0 Å². The normalized spacial score (nSPS) is 46.8. The summed E-state index contributed by atoms with van der Waals surface area (Å²) in [6.07, 6.45) is -6.67. The van der Waals surface area contributed by atoms with Gasteiger partial charge in [-0.25, -0.2) is 9.59 Å². The third-order valence-electron chi connectivity index (χ3n) is 9.67. The van der Waals surface area contributed by atoms with Crippen molar-refractivity contribution in [2.24, 2.45) is 22.7 Å². The Morgan fingerprint density at radius 3 is 2.45 bits per heavy atom. The first-order chi connectivity index (χ1) is 18.9. The van der Waals surface area contributed by atoms with Gasteiger partial charge in [0.05, 0.1) is 31.3 Å². The SMILES string of the molecule is COC(=O)C1=CCC[C@@H]2[C@]3(C)C[C@H](C4=C[C@@H](O)OC4=O)OC(=O)[C@@H]3C[C@@H](O[C@@H]3O[C@H](CO)[C@@H](O)[C@H](O)[C@H]3O)[C@]12C. The van der Waals surface area contributed by atoms with E-state index in [9.17, 15) is 39.9 Å². The lowest BCUT2D eigenvalue weighted by Crippen LogP contribution is -2.65. The Hall–Kier alpha value is -2.39. The number of esters is 3. The Kier molecular flexibility index (Phi) is 7.62. The molecule has 0 aromatic carbocycles. The molecule has 0 radical (unpaired) electrons. The molecule has 3 fully saturated rings. The van der Waals surface area contributed by atoms with E-state index in [4.69, 9.17) is 23.7 Å². The van der Waals surface area contributed by atoms with E-state index < -0.39 is 90.5 Å². The van der Waals surface area contributed by atoms with Gasteiger partial charge < -0.3 is 49.2 Å². The number of hydrogen-bond acceptors (Lipinski definition) is 13. The summed E-state index contributed by atoms with van der Waals surface area (Å²) in [4.78, 5) is 39.0. The van der Waals surface area contributed by atoms with Gasteiger partial charge in [-0.05, 0) is 43.1 Å². The summed E-state index contributed by atoms with van der Waals surface area (Å²) >= 11 is 0. The van der Waals surface area contributed by atoms with Gasteiger partial charge in [-0.3, -0.25) is 4.79 Å². The van der Waals surface area contributed by atoms with Gasteiger partial charge in [0.2, 0.25) is 6.29 Å². The second-order valence-corrected chi connectivity index (χ2v) is 11.7. The Morgan fingerprint density at radius 1 is 1.10 bits per heavy atom. The summed E-state index contributed by atoms with van der Waals surface area (Å²) in [5.41, 5.74) is -1.50. The van der Waals surface area contributed by atoms with Gasteiger partial charge in [0, 0.05) is 11.0 Å². The smallest absolute Gasteiger partial charge is 0.340 e. The minimum Gasteiger partial charge on any atom is -0.466 e. The predicted octanol–water partition coefficient (Wildman–Crippen LogP) is -1.17. The van der Waals surface area contributed by atoms with Crippen LogP contribution in [0.2, 0.25) is 0 Å². The number of methoxy groups -OCH3 is 1. The number of allylic oxidation sites excluding steroid dienone is 1. The van der Waals surface area contributed by atoms with Crippen molar-refractivity contribution in [2.75, 3.05) is 13.7 Å². The fourth-order valence-electron chi connectivity index (χ4n) is 7.60. The third kappa shape index (κ3) is 4.39. The molecule has 0 amide bonds. The van der Waals surface area contributed by atoms with Crippen LogP contribution in [-0.2, 0) is 38.1 Å². The quantitative estimate of drug-likeness (QED) is 0.197. The number of aliphatic hydroxyl groups is 5. The first kappa shape index (κ1) is 29.1. The standard InChI is InChI=1S/C27H36O13/c1-26-9-14(11-7-18(29)40-22(11)33)37-24(35)13(26)8-17(27(2)12(23(34)36-3)5-4-6-16(26)27)39-25-21(32)20(31)19(30)15(10-28)38-25/h5,7,13-21,25,28-32H,4,6,8-10H2,1-3H3/t13-,14+,15+,16+,17+,18-,19+,20-,21+,25-,26+,27+/m0/s1. The van der Waals surface area contributed by atoms with Crippen molar-refractivity contribution >= 4 is 17.9 Å². The Morgan fingerprint density at radius 2 is 1.82 bits per heavy atom. The molecule has 13 heteroatoms. The van der Waals surface area contributed by atoms with E-state index >= 15 is 0 Å². The lowest BCUT2D eigenvalue weighted by Gasteiger charge is -2.62. The predicted molar refractivity (Wildman–Crippen MR) is 130 cm³/mol. The maximum absolute atomic E-state index is 13.5. The summed E-state index contributed by atoms with van der Waals surface area (Å²) in [5.74, 6) is -3.07. The molecular formula is C27H36O13. The van der Waals surface area contributed by atoms with Crippen LogP contribution in [0.1, 0.15) is 39.5 Å². The van der Waals surface area contributed by atoms with Gasteiger partial charge in [0.1, 0.15) is 30.5 Å². The lowest BCUT2D eigenvalue weighted by atomic mass is 9.44. The Bertz CT molecular complexity index is 1120. The molecule has 222 valence electrons. The highest BCUT2D eigenvalue weighted by Gasteiger charge is 2.66. The number of aliphatic hydroxyl groups excluding tert-OH is 5. The highest BCUT2D eigenvalue weighted by atomic mass is 16.7. The molecule has 5 aliphatic rings. The second-order valence-electron chi connectivity index (χ2n) is 11.7. The van der Waals surface area contributed by atoms with Crippen LogP contribution in [0, 0.1) is 22.7 Å². The van der Waals surface area contributed by atoms with E-state index in [1.807, 2.05) is 13.8 Å². The molecule has 2 saturated heterocycles. The van der Waals surface area contributed by atoms with Crippen LogP contribution in [0.5, 0.6) is 0 Å². The topological polar surface area (TPSA) is 199 Å². The van der Waals surface area contributed by atoms with Crippen LogP contribution in [0.4, 0.5) is 0 Å². The maximum atomic E-state index is 13.5. The van der Waals surface area contributed by atoms with Gasteiger partial charge >= 0.3 is 17.9 Å². The molecule has 2 aliphatic carbocycles. The molecule has 3 aliphatic heterocycles. The minimum absolute atomic E-state index is 0.0323. The number of hydrogen-bond donors (Lipinski definition) is 5.